The van der Waals surface area contributed by atoms with Crippen molar-refractivity contribution in [3.63, 3.8) is 0 Å². The maximum atomic E-state index is 13.4. The Balaban J connectivity index is 1.56. The Labute approximate surface area is 181 Å². The average Bonchev–Trinajstić information content (AvgIpc) is 3.04. The number of carbonyl (C=O) groups is 1. The first kappa shape index (κ1) is 20.8. The molecule has 31 heavy (non-hydrogen) atoms. The third-order valence-electron chi connectivity index (χ3n) is 4.73. The van der Waals surface area contributed by atoms with Crippen LogP contribution in [0.5, 0.6) is 0 Å². The third kappa shape index (κ3) is 4.51. The molecule has 0 aliphatic carbocycles. The van der Waals surface area contributed by atoms with Gasteiger partial charge in [0.25, 0.3) is 0 Å². The van der Waals surface area contributed by atoms with Crippen LogP contribution in [0.1, 0.15) is 18.1 Å². The molecule has 0 radical (unpaired) electrons. The summed E-state index contributed by atoms with van der Waals surface area (Å²) >= 11 is 1.23. The van der Waals surface area contributed by atoms with Crippen LogP contribution in [0.25, 0.3) is 5.65 Å². The van der Waals surface area contributed by atoms with Gasteiger partial charge in [-0.15, -0.1) is 5.10 Å². The highest BCUT2D eigenvalue weighted by atomic mass is 32.2. The minimum absolute atomic E-state index is 0.230. The van der Waals surface area contributed by atoms with Crippen molar-refractivity contribution in [3.05, 3.63) is 82.0 Å². The van der Waals surface area contributed by atoms with Gasteiger partial charge in [-0.1, -0.05) is 43.0 Å². The summed E-state index contributed by atoms with van der Waals surface area (Å²) in [6, 6.07) is 15.3. The molecule has 7 nitrogen and oxygen atoms in total. The summed E-state index contributed by atoms with van der Waals surface area (Å²) < 4.78 is 15.6. The fraction of sp³-hybridized carbons (Fsp3) is 0.182. The molecule has 4 rings (SSSR count). The quantitative estimate of drug-likeness (QED) is 0.498. The van der Waals surface area contributed by atoms with Gasteiger partial charge in [0.1, 0.15) is 17.4 Å². The zero-order valence-electron chi connectivity index (χ0n) is 17.0. The zero-order valence-corrected chi connectivity index (χ0v) is 17.8. The summed E-state index contributed by atoms with van der Waals surface area (Å²) in [4.78, 5) is 26.0. The van der Waals surface area contributed by atoms with Gasteiger partial charge < -0.3 is 5.32 Å². The van der Waals surface area contributed by atoms with Crippen molar-refractivity contribution in [1.29, 1.82) is 0 Å². The lowest BCUT2D eigenvalue weighted by Gasteiger charge is -2.12. The second kappa shape index (κ2) is 8.73. The van der Waals surface area contributed by atoms with Gasteiger partial charge in [-0.05, 0) is 54.8 Å². The van der Waals surface area contributed by atoms with Crippen molar-refractivity contribution >= 4 is 29.0 Å². The van der Waals surface area contributed by atoms with Crippen molar-refractivity contribution in [2.45, 2.75) is 36.7 Å². The van der Waals surface area contributed by atoms with Crippen LogP contribution in [0.2, 0.25) is 0 Å². The van der Waals surface area contributed by atoms with Gasteiger partial charge in [0, 0.05) is 10.6 Å². The van der Waals surface area contributed by atoms with E-state index in [2.05, 4.69) is 15.5 Å². The fourth-order valence-electron chi connectivity index (χ4n) is 3.22. The lowest BCUT2D eigenvalue weighted by molar-refractivity contribution is -0.117. The van der Waals surface area contributed by atoms with Crippen molar-refractivity contribution in [1.82, 2.24) is 19.4 Å². The number of para-hydroxylation sites is 1. The number of anilines is 1. The molecular weight excluding hydrogens is 417 g/mol. The first-order valence-electron chi connectivity index (χ1n) is 9.73. The molecule has 4 aromatic rings. The Kier molecular flexibility index (Phi) is 5.85. The molecule has 0 saturated carbocycles. The van der Waals surface area contributed by atoms with Crippen LogP contribution in [0.15, 0.2) is 69.3 Å². The van der Waals surface area contributed by atoms with E-state index in [1.807, 2.05) is 32.0 Å². The van der Waals surface area contributed by atoms with Crippen molar-refractivity contribution in [2.24, 2.45) is 0 Å². The van der Waals surface area contributed by atoms with Gasteiger partial charge in [0.15, 0.2) is 5.65 Å². The highest BCUT2D eigenvalue weighted by Crippen LogP contribution is 2.26. The average molecular weight is 438 g/mol. The van der Waals surface area contributed by atoms with Crippen LogP contribution < -0.4 is 11.0 Å². The van der Waals surface area contributed by atoms with Crippen LogP contribution in [-0.2, 0) is 17.8 Å². The molecule has 9 heteroatoms. The molecule has 2 aromatic heterocycles. The van der Waals surface area contributed by atoms with E-state index in [0.29, 0.717) is 15.6 Å². The number of nitrogens with one attached hydrogen (secondary N) is 1. The van der Waals surface area contributed by atoms with Crippen LogP contribution in [0.4, 0.5) is 10.1 Å². The molecule has 0 saturated heterocycles. The van der Waals surface area contributed by atoms with Gasteiger partial charge in [-0.2, -0.15) is 9.61 Å². The number of fused-ring (bicyclic) bond motifs is 1. The van der Waals surface area contributed by atoms with E-state index >= 15 is 0 Å². The van der Waals surface area contributed by atoms with Crippen LogP contribution >= 0.6 is 11.8 Å². The molecule has 158 valence electrons. The Bertz CT molecular complexity index is 1330. The minimum atomic E-state index is -0.521. The van der Waals surface area contributed by atoms with E-state index in [1.54, 1.807) is 24.3 Å². The molecule has 0 bridgehead atoms. The van der Waals surface area contributed by atoms with Crippen molar-refractivity contribution in [2.75, 3.05) is 5.32 Å². The van der Waals surface area contributed by atoms with Gasteiger partial charge >= 0.3 is 5.69 Å². The molecule has 0 unspecified atom stereocenters. The summed E-state index contributed by atoms with van der Waals surface area (Å²) in [6.07, 6.45) is 0.779. The maximum absolute atomic E-state index is 13.4. The number of aromatic nitrogens is 4. The summed E-state index contributed by atoms with van der Waals surface area (Å²) in [7, 11) is 0. The van der Waals surface area contributed by atoms with E-state index in [4.69, 9.17) is 0 Å². The predicted octanol–water partition coefficient (Wildman–Crippen LogP) is 3.69. The molecule has 1 N–H and O–H groups in total. The van der Waals surface area contributed by atoms with Crippen LogP contribution in [-0.4, -0.2) is 25.3 Å². The highest BCUT2D eigenvalue weighted by molar-refractivity contribution is 7.99. The molecule has 0 aliphatic heterocycles. The zero-order chi connectivity index (χ0) is 22.0. The summed E-state index contributed by atoms with van der Waals surface area (Å²) in [5.41, 5.74) is 2.55. The third-order valence-corrected chi connectivity index (χ3v) is 5.65. The predicted molar refractivity (Wildman–Crippen MR) is 117 cm³/mol. The summed E-state index contributed by atoms with van der Waals surface area (Å²) in [6.45, 7) is 3.71. The smallest absolute Gasteiger partial charge is 0.324 e. The van der Waals surface area contributed by atoms with Gasteiger partial charge in [0.05, 0.1) is 0 Å². The van der Waals surface area contributed by atoms with E-state index in [9.17, 15) is 14.0 Å². The largest absolute Gasteiger partial charge is 0.367 e. The monoisotopic (exact) mass is 437 g/mol. The molecular formula is C22H20FN5O2S. The van der Waals surface area contributed by atoms with Gasteiger partial charge in [0.2, 0.25) is 5.91 Å². The molecule has 0 aliphatic rings. The van der Waals surface area contributed by atoms with Crippen molar-refractivity contribution in [3.8, 4) is 0 Å². The number of benzene rings is 2. The highest BCUT2D eigenvalue weighted by Gasteiger charge is 2.14. The number of hydrogen-bond donors (Lipinski definition) is 1. The second-order valence-electron chi connectivity index (χ2n) is 6.95. The Morgan fingerprint density at radius 1 is 1.13 bits per heavy atom. The van der Waals surface area contributed by atoms with E-state index in [-0.39, 0.29) is 18.3 Å². The topological polar surface area (TPSA) is 81.3 Å². The van der Waals surface area contributed by atoms with E-state index in [1.165, 1.54) is 23.9 Å². The lowest BCUT2D eigenvalue weighted by Crippen LogP contribution is -2.29. The normalized spacial score (nSPS) is 11.1. The van der Waals surface area contributed by atoms with E-state index < -0.39 is 5.69 Å². The van der Waals surface area contributed by atoms with Crippen LogP contribution in [0, 0.1) is 12.7 Å². The molecule has 0 atom stereocenters. The first-order chi connectivity index (χ1) is 14.9. The second-order valence-corrected chi connectivity index (χ2v) is 8.05. The van der Waals surface area contributed by atoms with Crippen molar-refractivity contribution < 1.29 is 9.18 Å². The van der Waals surface area contributed by atoms with Gasteiger partial charge in [-0.25, -0.2) is 13.9 Å². The summed E-state index contributed by atoms with van der Waals surface area (Å²) in [5, 5.41) is 11.9. The molecule has 0 fully saturated rings. The maximum Gasteiger partial charge on any atom is 0.367 e. The Hall–Kier alpha value is -3.46. The number of rotatable bonds is 6. The molecule has 0 spiro atoms. The number of aryl methyl sites for hydroxylation is 2. The van der Waals surface area contributed by atoms with Gasteiger partial charge in [-0.3, -0.25) is 4.79 Å². The first-order valence-corrected chi connectivity index (χ1v) is 10.5. The number of amides is 1. The number of carbonyl (C=O) groups excluding carboxylic acids is 1. The Morgan fingerprint density at radius 3 is 2.71 bits per heavy atom. The molecule has 2 aromatic carbocycles. The van der Waals surface area contributed by atoms with E-state index in [0.717, 1.165) is 32.4 Å². The molecule has 2 heterocycles. The summed E-state index contributed by atoms with van der Waals surface area (Å²) in [5.74, 6) is -0.689. The number of hydrogen-bond acceptors (Lipinski definition) is 5. The number of halogens is 1. The Morgan fingerprint density at radius 2 is 1.94 bits per heavy atom. The minimum Gasteiger partial charge on any atom is -0.324 e. The lowest BCUT2D eigenvalue weighted by atomic mass is 10.1. The fourth-order valence-corrected chi connectivity index (χ4v) is 4.04. The SMILES string of the molecule is CCc1cccc(C)c1NC(=O)Cn1nc2ccc(Sc3cccc(F)c3)nn2c1=O. The standard InChI is InChI=1S/C22H20FN5O2S/c1-3-15-7-4-6-14(2)21(15)24-19(29)13-27-22(30)28-18(25-27)10-11-20(26-28)31-17-9-5-8-16(23)12-17/h4-12H,3,13H2,1-2H3,(H,24,29). The number of nitrogens with zero attached hydrogens (tertiary/aromatic N) is 4. The van der Waals surface area contributed by atoms with Crippen LogP contribution in [0.3, 0.4) is 0 Å². The molecule has 1 amide bonds.